The number of likely N-dealkylation sites (tertiary alicyclic amines) is 1. The van der Waals surface area contributed by atoms with Crippen LogP contribution in [0.4, 0.5) is 4.79 Å². The molecule has 2 saturated carbocycles. The van der Waals surface area contributed by atoms with Crippen molar-refractivity contribution < 1.29 is 9.53 Å². The second kappa shape index (κ2) is 6.39. The quantitative estimate of drug-likeness (QED) is 0.922. The standard InChI is InChI=1S/C18H28N4O2/c1-2-24-16-12-15(18(16)6-3-7-18)20-17(23)21-9-4-14(5-10-21)22-11-8-19-13-22/h8,11,13-16H,2-7,9-10,12H2,1H3,(H,20,23)/t15-,16+/m0/s1. The van der Waals surface area contributed by atoms with E-state index in [1.807, 2.05) is 23.6 Å². The maximum atomic E-state index is 12.6. The molecule has 132 valence electrons. The molecule has 1 aromatic rings. The van der Waals surface area contributed by atoms with Crippen LogP contribution in [0.2, 0.25) is 0 Å². The second-order valence-electron chi connectivity index (χ2n) is 7.50. The summed E-state index contributed by atoms with van der Waals surface area (Å²) in [6.45, 7) is 4.48. The minimum absolute atomic E-state index is 0.116. The Labute approximate surface area is 143 Å². The van der Waals surface area contributed by atoms with Crippen molar-refractivity contribution in [1.82, 2.24) is 19.8 Å². The van der Waals surface area contributed by atoms with Gasteiger partial charge in [-0.05, 0) is 39.0 Å². The Morgan fingerprint density at radius 2 is 2.17 bits per heavy atom. The Morgan fingerprint density at radius 1 is 1.38 bits per heavy atom. The lowest BCUT2D eigenvalue weighted by molar-refractivity contribution is -0.170. The molecule has 0 radical (unpaired) electrons. The summed E-state index contributed by atoms with van der Waals surface area (Å²) in [7, 11) is 0. The third kappa shape index (κ3) is 2.61. The highest BCUT2D eigenvalue weighted by Gasteiger charge is 2.59. The number of aromatic nitrogens is 2. The average molecular weight is 332 g/mol. The molecule has 6 heteroatoms. The Hall–Kier alpha value is -1.56. The van der Waals surface area contributed by atoms with Crippen LogP contribution in [0.15, 0.2) is 18.7 Å². The molecule has 24 heavy (non-hydrogen) atoms. The van der Waals surface area contributed by atoms with E-state index in [0.29, 0.717) is 18.2 Å². The van der Waals surface area contributed by atoms with Crippen LogP contribution >= 0.6 is 0 Å². The number of amides is 2. The molecule has 0 unspecified atom stereocenters. The van der Waals surface area contributed by atoms with E-state index < -0.39 is 0 Å². The van der Waals surface area contributed by atoms with Crippen LogP contribution in [0.5, 0.6) is 0 Å². The Bertz CT molecular complexity index is 562. The molecule has 2 amide bonds. The highest BCUT2D eigenvalue weighted by Crippen LogP contribution is 2.57. The van der Waals surface area contributed by atoms with E-state index in [1.54, 1.807) is 0 Å². The van der Waals surface area contributed by atoms with E-state index >= 15 is 0 Å². The van der Waals surface area contributed by atoms with E-state index in [1.165, 1.54) is 19.3 Å². The van der Waals surface area contributed by atoms with Crippen molar-refractivity contribution in [1.29, 1.82) is 0 Å². The summed E-state index contributed by atoms with van der Waals surface area (Å²) in [6, 6.07) is 0.896. The number of nitrogens with zero attached hydrogens (tertiary/aromatic N) is 3. The first-order valence-electron chi connectivity index (χ1n) is 9.37. The number of imidazole rings is 1. The van der Waals surface area contributed by atoms with E-state index in [0.717, 1.165) is 39.0 Å². The topological polar surface area (TPSA) is 59.4 Å². The number of piperidine rings is 1. The summed E-state index contributed by atoms with van der Waals surface area (Å²) < 4.78 is 8.04. The van der Waals surface area contributed by atoms with Gasteiger partial charge < -0.3 is 19.5 Å². The van der Waals surface area contributed by atoms with Crippen molar-refractivity contribution >= 4 is 6.03 Å². The van der Waals surface area contributed by atoms with Gasteiger partial charge in [0.1, 0.15) is 0 Å². The summed E-state index contributed by atoms with van der Waals surface area (Å²) >= 11 is 0. The highest BCUT2D eigenvalue weighted by molar-refractivity contribution is 5.75. The van der Waals surface area contributed by atoms with Crippen LogP contribution in [0.3, 0.4) is 0 Å². The first-order valence-corrected chi connectivity index (χ1v) is 9.37. The number of carbonyl (C=O) groups is 1. The first kappa shape index (κ1) is 15.9. The molecule has 3 fully saturated rings. The fourth-order valence-corrected chi connectivity index (χ4v) is 4.73. The predicted octanol–water partition coefficient (Wildman–Crippen LogP) is 2.58. The fraction of sp³-hybridized carbons (Fsp3) is 0.778. The molecule has 6 nitrogen and oxygen atoms in total. The van der Waals surface area contributed by atoms with Gasteiger partial charge in [-0.25, -0.2) is 9.78 Å². The highest BCUT2D eigenvalue weighted by atomic mass is 16.5. The molecule has 2 aliphatic carbocycles. The normalized spacial score (nSPS) is 29.1. The lowest BCUT2D eigenvalue weighted by Crippen LogP contribution is -2.68. The van der Waals surface area contributed by atoms with Gasteiger partial charge in [-0.2, -0.15) is 0 Å². The van der Waals surface area contributed by atoms with Crippen molar-refractivity contribution in [2.75, 3.05) is 19.7 Å². The first-order chi connectivity index (χ1) is 11.7. The fourth-order valence-electron chi connectivity index (χ4n) is 4.73. The molecule has 1 N–H and O–H groups in total. The van der Waals surface area contributed by atoms with Crippen LogP contribution in [0.25, 0.3) is 0 Å². The maximum Gasteiger partial charge on any atom is 0.317 e. The third-order valence-electron chi connectivity index (χ3n) is 6.43. The van der Waals surface area contributed by atoms with Crippen molar-refractivity contribution in [3.05, 3.63) is 18.7 Å². The monoisotopic (exact) mass is 332 g/mol. The van der Waals surface area contributed by atoms with E-state index in [4.69, 9.17) is 4.74 Å². The van der Waals surface area contributed by atoms with Gasteiger partial charge in [0, 0.05) is 49.6 Å². The van der Waals surface area contributed by atoms with Crippen LogP contribution in [0.1, 0.15) is 51.5 Å². The summed E-state index contributed by atoms with van der Waals surface area (Å²) in [5.74, 6) is 0. The molecule has 1 aromatic heterocycles. The summed E-state index contributed by atoms with van der Waals surface area (Å²) in [5.41, 5.74) is 0.237. The lowest BCUT2D eigenvalue weighted by atomic mass is 9.51. The van der Waals surface area contributed by atoms with Gasteiger partial charge in [-0.15, -0.1) is 0 Å². The van der Waals surface area contributed by atoms with E-state index in [-0.39, 0.29) is 11.4 Å². The Balaban J connectivity index is 1.28. The minimum atomic E-state index is 0.116. The maximum absolute atomic E-state index is 12.6. The van der Waals surface area contributed by atoms with Gasteiger partial charge in [0.2, 0.25) is 0 Å². The third-order valence-corrected chi connectivity index (χ3v) is 6.43. The number of carbonyl (C=O) groups excluding carboxylic acids is 1. The van der Waals surface area contributed by atoms with Crippen LogP contribution in [-0.2, 0) is 4.74 Å². The van der Waals surface area contributed by atoms with E-state index in [9.17, 15) is 4.79 Å². The van der Waals surface area contributed by atoms with Gasteiger partial charge in [0.05, 0.1) is 12.4 Å². The molecule has 1 spiro atoms. The van der Waals surface area contributed by atoms with E-state index in [2.05, 4.69) is 21.8 Å². The Morgan fingerprint density at radius 3 is 2.75 bits per heavy atom. The zero-order chi connectivity index (χ0) is 16.6. The predicted molar refractivity (Wildman–Crippen MR) is 90.7 cm³/mol. The molecule has 0 bridgehead atoms. The lowest BCUT2D eigenvalue weighted by Gasteiger charge is -2.61. The second-order valence-corrected chi connectivity index (χ2v) is 7.50. The molecule has 3 aliphatic rings. The summed E-state index contributed by atoms with van der Waals surface area (Å²) in [6.07, 6.45) is 12.7. The SMILES string of the molecule is CCO[C@@H]1C[C@H](NC(=O)N2CCC(n3ccnc3)CC2)C12CCC2. The number of urea groups is 1. The van der Waals surface area contributed by atoms with Crippen molar-refractivity contribution in [2.24, 2.45) is 5.41 Å². The van der Waals surface area contributed by atoms with Crippen molar-refractivity contribution in [2.45, 2.75) is 63.6 Å². The molecule has 1 aliphatic heterocycles. The molecule has 0 aromatic carbocycles. The van der Waals surface area contributed by atoms with Gasteiger partial charge in [0.15, 0.2) is 0 Å². The number of hydrogen-bond acceptors (Lipinski definition) is 3. The van der Waals surface area contributed by atoms with Gasteiger partial charge >= 0.3 is 6.03 Å². The van der Waals surface area contributed by atoms with Crippen LogP contribution < -0.4 is 5.32 Å². The summed E-state index contributed by atoms with van der Waals surface area (Å²) in [5, 5.41) is 3.30. The molecule has 2 heterocycles. The largest absolute Gasteiger partial charge is 0.378 e. The smallest absolute Gasteiger partial charge is 0.317 e. The van der Waals surface area contributed by atoms with Crippen LogP contribution in [0, 0.1) is 5.41 Å². The Kier molecular flexibility index (Phi) is 4.24. The molecular weight excluding hydrogens is 304 g/mol. The summed E-state index contributed by atoms with van der Waals surface area (Å²) in [4.78, 5) is 18.7. The number of nitrogens with one attached hydrogen (secondary N) is 1. The van der Waals surface area contributed by atoms with Crippen molar-refractivity contribution in [3.63, 3.8) is 0 Å². The molecular formula is C18H28N4O2. The number of rotatable bonds is 4. The molecule has 1 saturated heterocycles. The number of ether oxygens (including phenoxy) is 1. The zero-order valence-corrected chi connectivity index (χ0v) is 14.5. The molecule has 2 atom stereocenters. The number of hydrogen-bond donors (Lipinski definition) is 1. The minimum Gasteiger partial charge on any atom is -0.378 e. The van der Waals surface area contributed by atoms with Gasteiger partial charge in [-0.1, -0.05) is 6.42 Å². The molecule has 4 rings (SSSR count). The zero-order valence-electron chi connectivity index (χ0n) is 14.5. The van der Waals surface area contributed by atoms with Crippen LogP contribution in [-0.4, -0.2) is 52.3 Å². The van der Waals surface area contributed by atoms with Gasteiger partial charge in [-0.3, -0.25) is 0 Å². The van der Waals surface area contributed by atoms with Crippen molar-refractivity contribution in [3.8, 4) is 0 Å². The average Bonchev–Trinajstić information content (AvgIpc) is 3.06. The van der Waals surface area contributed by atoms with Gasteiger partial charge in [0.25, 0.3) is 0 Å².